The molecule has 0 spiro atoms. The summed E-state index contributed by atoms with van der Waals surface area (Å²) >= 11 is 0. The van der Waals surface area contributed by atoms with E-state index in [1.54, 1.807) is 17.9 Å². The minimum atomic E-state index is -1.78. The van der Waals surface area contributed by atoms with E-state index in [0.717, 1.165) is 11.1 Å². The number of carbonyl (C=O) groups excluding carboxylic acids is 3. The van der Waals surface area contributed by atoms with E-state index < -0.39 is 23.4 Å². The number of esters is 3. The zero-order valence-electron chi connectivity index (χ0n) is 15.7. The maximum Gasteiger partial charge on any atom is 0.342 e. The molecule has 0 aromatic heterocycles. The van der Waals surface area contributed by atoms with E-state index in [0.29, 0.717) is 18.5 Å². The van der Waals surface area contributed by atoms with Crippen molar-refractivity contribution in [3.63, 3.8) is 0 Å². The summed E-state index contributed by atoms with van der Waals surface area (Å²) in [5.41, 5.74) is 0.700. The van der Waals surface area contributed by atoms with Crippen LogP contribution in [0.5, 0.6) is 0 Å². The van der Waals surface area contributed by atoms with Gasteiger partial charge in [0, 0.05) is 6.54 Å². The van der Waals surface area contributed by atoms with Gasteiger partial charge in [0.2, 0.25) is 5.54 Å². The van der Waals surface area contributed by atoms with Gasteiger partial charge in [-0.25, -0.2) is 9.59 Å². The van der Waals surface area contributed by atoms with Crippen LogP contribution in [0.2, 0.25) is 0 Å². The maximum absolute atomic E-state index is 12.9. The fourth-order valence-corrected chi connectivity index (χ4v) is 4.08. The van der Waals surface area contributed by atoms with Crippen LogP contribution in [-0.4, -0.2) is 55.7 Å². The van der Waals surface area contributed by atoms with Gasteiger partial charge in [-0.05, 0) is 30.0 Å². The highest BCUT2D eigenvalue weighted by Crippen LogP contribution is 2.47. The predicted octanol–water partition coefficient (Wildman–Crippen LogP) is 1.56. The van der Waals surface area contributed by atoms with Crippen LogP contribution in [0, 0.1) is 0 Å². The van der Waals surface area contributed by atoms with E-state index in [4.69, 9.17) is 14.2 Å². The van der Waals surface area contributed by atoms with E-state index in [9.17, 15) is 14.4 Å². The van der Waals surface area contributed by atoms with E-state index in [1.807, 2.05) is 24.3 Å². The smallest absolute Gasteiger partial charge is 0.342 e. The summed E-state index contributed by atoms with van der Waals surface area (Å²) in [6, 6.07) is 7.55. The van der Waals surface area contributed by atoms with Crippen LogP contribution in [0.3, 0.4) is 0 Å². The van der Waals surface area contributed by atoms with Gasteiger partial charge in [-0.15, -0.1) is 0 Å². The number of nitrogens with zero attached hydrogens (tertiary/aromatic N) is 1. The van der Waals surface area contributed by atoms with Gasteiger partial charge in [0.1, 0.15) is 0 Å². The van der Waals surface area contributed by atoms with Crippen molar-refractivity contribution in [3.05, 3.63) is 47.0 Å². The zero-order chi connectivity index (χ0) is 19.6. The van der Waals surface area contributed by atoms with Crippen LogP contribution in [0.4, 0.5) is 0 Å². The quantitative estimate of drug-likeness (QED) is 0.335. The summed E-state index contributed by atoms with van der Waals surface area (Å²) in [6.45, 7) is 2.37. The molecule has 27 heavy (non-hydrogen) atoms. The Hall–Kier alpha value is -2.67. The first kappa shape index (κ1) is 19.1. The molecular weight excluding hydrogens is 350 g/mol. The van der Waals surface area contributed by atoms with Crippen LogP contribution >= 0.6 is 0 Å². The van der Waals surface area contributed by atoms with Crippen LogP contribution in [0.15, 0.2) is 35.9 Å². The van der Waals surface area contributed by atoms with Crippen molar-refractivity contribution in [3.8, 4) is 0 Å². The van der Waals surface area contributed by atoms with Crippen molar-refractivity contribution in [1.29, 1.82) is 0 Å². The van der Waals surface area contributed by atoms with Crippen molar-refractivity contribution in [2.45, 2.75) is 31.3 Å². The van der Waals surface area contributed by atoms with Crippen molar-refractivity contribution in [2.75, 3.05) is 27.4 Å². The number of methoxy groups -OCH3 is 2. The summed E-state index contributed by atoms with van der Waals surface area (Å²) in [6.07, 6.45) is 2.28. The lowest BCUT2D eigenvalue weighted by atomic mass is 9.87. The highest BCUT2D eigenvalue weighted by atomic mass is 16.6. The molecule has 1 aromatic rings. The Morgan fingerprint density at radius 1 is 1.15 bits per heavy atom. The fraction of sp³-hybridized carbons (Fsp3) is 0.450. The van der Waals surface area contributed by atoms with Gasteiger partial charge in [0.15, 0.2) is 0 Å². The average molecular weight is 373 g/mol. The predicted molar refractivity (Wildman–Crippen MR) is 95.7 cm³/mol. The largest absolute Gasteiger partial charge is 0.467 e. The summed E-state index contributed by atoms with van der Waals surface area (Å²) in [4.78, 5) is 39.7. The molecule has 0 saturated carbocycles. The molecule has 0 amide bonds. The van der Waals surface area contributed by atoms with E-state index in [2.05, 4.69) is 0 Å². The molecule has 1 aromatic carbocycles. The Morgan fingerprint density at radius 2 is 1.81 bits per heavy atom. The number of benzene rings is 1. The molecule has 2 heterocycles. The number of fused-ring (bicyclic) bond motifs is 3. The second kappa shape index (κ2) is 7.52. The third-order valence-electron chi connectivity index (χ3n) is 5.19. The minimum absolute atomic E-state index is 0.187. The molecule has 7 nitrogen and oxygen atoms in total. The third kappa shape index (κ3) is 2.92. The average Bonchev–Trinajstić information content (AvgIpc) is 3.01. The Balaban J connectivity index is 2.14. The number of carbonyl (C=O) groups is 3. The van der Waals surface area contributed by atoms with Crippen LogP contribution in [-0.2, 0) is 35.0 Å². The first-order valence-electron chi connectivity index (χ1n) is 8.88. The number of rotatable bonds is 5. The fourth-order valence-electron chi connectivity index (χ4n) is 4.08. The molecule has 1 unspecified atom stereocenters. The van der Waals surface area contributed by atoms with Crippen LogP contribution < -0.4 is 0 Å². The molecule has 7 heteroatoms. The first-order chi connectivity index (χ1) is 13.0. The molecule has 1 atom stereocenters. The highest BCUT2D eigenvalue weighted by Gasteiger charge is 2.62. The summed E-state index contributed by atoms with van der Waals surface area (Å²) < 4.78 is 15.0. The highest BCUT2D eigenvalue weighted by molar-refractivity contribution is 6.10. The summed E-state index contributed by atoms with van der Waals surface area (Å²) in [7, 11) is 2.44. The Kier molecular flexibility index (Phi) is 5.32. The molecule has 0 fully saturated rings. The molecule has 0 bridgehead atoms. The SMILES string of the molecule is CCOC(=O)CC1=CC2c3ccccc3CCN2C1(C(=O)OC)C(=O)OC. The lowest BCUT2D eigenvalue weighted by Gasteiger charge is -2.41. The summed E-state index contributed by atoms with van der Waals surface area (Å²) in [5.74, 6) is -2.02. The molecule has 0 radical (unpaired) electrons. The first-order valence-corrected chi connectivity index (χ1v) is 8.88. The zero-order valence-corrected chi connectivity index (χ0v) is 15.7. The van der Waals surface area contributed by atoms with E-state index in [1.165, 1.54) is 14.2 Å². The van der Waals surface area contributed by atoms with Crippen molar-refractivity contribution >= 4 is 17.9 Å². The van der Waals surface area contributed by atoms with Gasteiger partial charge in [0.05, 0.1) is 33.3 Å². The normalized spacial score (nSPS) is 20.1. The van der Waals surface area contributed by atoms with Crippen molar-refractivity contribution in [1.82, 2.24) is 4.90 Å². The van der Waals surface area contributed by atoms with Crippen LogP contribution in [0.25, 0.3) is 0 Å². The molecule has 3 rings (SSSR count). The maximum atomic E-state index is 12.9. The Labute approximate surface area is 157 Å². The second-order valence-electron chi connectivity index (χ2n) is 6.45. The molecule has 144 valence electrons. The third-order valence-corrected chi connectivity index (χ3v) is 5.19. The lowest BCUT2D eigenvalue weighted by molar-refractivity contribution is -0.169. The molecule has 2 aliphatic heterocycles. The molecule has 2 aliphatic rings. The second-order valence-corrected chi connectivity index (χ2v) is 6.45. The van der Waals surface area contributed by atoms with Crippen molar-refractivity contribution < 1.29 is 28.6 Å². The van der Waals surface area contributed by atoms with Gasteiger partial charge in [-0.3, -0.25) is 9.69 Å². The lowest BCUT2D eigenvalue weighted by Crippen LogP contribution is -2.61. The van der Waals surface area contributed by atoms with Gasteiger partial charge in [-0.1, -0.05) is 30.3 Å². The molecule has 0 aliphatic carbocycles. The Bertz CT molecular complexity index is 783. The standard InChI is InChI=1S/C20H23NO6/c1-4-27-17(22)12-14-11-16-15-8-6-5-7-13(15)9-10-21(16)20(14,18(23)25-2)19(24)26-3/h5-8,11,16H,4,9-10,12H2,1-3H3. The number of ether oxygens (including phenoxy) is 3. The minimum Gasteiger partial charge on any atom is -0.467 e. The van der Waals surface area contributed by atoms with E-state index >= 15 is 0 Å². The molecular formula is C20H23NO6. The van der Waals surface area contributed by atoms with Gasteiger partial charge in [-0.2, -0.15) is 0 Å². The number of hydrogen-bond acceptors (Lipinski definition) is 7. The molecule has 0 saturated heterocycles. The summed E-state index contributed by atoms with van der Waals surface area (Å²) in [5, 5.41) is 0. The van der Waals surface area contributed by atoms with Gasteiger partial charge in [0.25, 0.3) is 0 Å². The number of hydrogen-bond donors (Lipinski definition) is 0. The monoisotopic (exact) mass is 373 g/mol. The topological polar surface area (TPSA) is 82.1 Å². The van der Waals surface area contributed by atoms with Crippen molar-refractivity contribution in [2.24, 2.45) is 0 Å². The van der Waals surface area contributed by atoms with Gasteiger partial charge >= 0.3 is 17.9 Å². The van der Waals surface area contributed by atoms with E-state index in [-0.39, 0.29) is 19.1 Å². The Morgan fingerprint density at radius 3 is 2.44 bits per heavy atom. The van der Waals surface area contributed by atoms with Crippen LogP contribution in [0.1, 0.15) is 30.5 Å². The molecule has 0 N–H and O–H groups in total. The van der Waals surface area contributed by atoms with Gasteiger partial charge < -0.3 is 14.2 Å².